The van der Waals surface area contributed by atoms with Crippen LogP contribution in [-0.2, 0) is 6.42 Å². The first kappa shape index (κ1) is 14.8. The number of aromatic nitrogens is 1. The molecule has 0 bridgehead atoms. The van der Waals surface area contributed by atoms with E-state index in [1.807, 2.05) is 11.3 Å². The quantitative estimate of drug-likeness (QED) is 0.776. The average Bonchev–Trinajstić information content (AvgIpc) is 2.85. The van der Waals surface area contributed by atoms with Gasteiger partial charge in [-0.15, -0.1) is 11.3 Å². The Balaban J connectivity index is 2.10. The first-order valence-electron chi connectivity index (χ1n) is 7.75. The van der Waals surface area contributed by atoms with Crippen LogP contribution < -0.4 is 10.2 Å². The normalized spacial score (nSPS) is 18.4. The van der Waals surface area contributed by atoms with Crippen molar-refractivity contribution in [1.29, 1.82) is 0 Å². The summed E-state index contributed by atoms with van der Waals surface area (Å²) >= 11 is 1.92. The van der Waals surface area contributed by atoms with Crippen molar-refractivity contribution in [2.24, 2.45) is 0 Å². The Labute approximate surface area is 121 Å². The van der Waals surface area contributed by atoms with Crippen LogP contribution in [-0.4, -0.2) is 31.2 Å². The molecule has 1 aliphatic rings. The number of thiazole rings is 1. The maximum atomic E-state index is 4.96. The topological polar surface area (TPSA) is 28.2 Å². The van der Waals surface area contributed by atoms with Crippen molar-refractivity contribution in [2.45, 2.75) is 52.4 Å². The molecule has 108 valence electrons. The van der Waals surface area contributed by atoms with Crippen LogP contribution in [0.5, 0.6) is 0 Å². The van der Waals surface area contributed by atoms with Gasteiger partial charge in [-0.2, -0.15) is 0 Å². The molecule has 4 heteroatoms. The fourth-order valence-electron chi connectivity index (χ4n) is 2.78. The zero-order valence-corrected chi connectivity index (χ0v) is 13.4. The molecule has 0 fully saturated rings. The predicted molar refractivity (Wildman–Crippen MR) is 84.5 cm³/mol. The van der Waals surface area contributed by atoms with Gasteiger partial charge in [-0.25, -0.2) is 4.98 Å². The minimum atomic E-state index is 0.635. The summed E-state index contributed by atoms with van der Waals surface area (Å²) in [5.41, 5.74) is 1.39. The third-order valence-electron chi connectivity index (χ3n) is 3.91. The molecule has 3 nitrogen and oxygen atoms in total. The predicted octanol–water partition coefficient (Wildman–Crippen LogP) is 3.41. The zero-order chi connectivity index (χ0) is 13.7. The van der Waals surface area contributed by atoms with Crippen LogP contribution in [0.3, 0.4) is 0 Å². The highest BCUT2D eigenvalue weighted by Gasteiger charge is 2.25. The van der Waals surface area contributed by atoms with Crippen molar-refractivity contribution in [3.05, 3.63) is 10.6 Å². The number of anilines is 1. The van der Waals surface area contributed by atoms with E-state index in [9.17, 15) is 0 Å². The zero-order valence-electron chi connectivity index (χ0n) is 12.5. The van der Waals surface area contributed by atoms with E-state index in [1.165, 1.54) is 41.4 Å². The average molecular weight is 281 g/mol. The van der Waals surface area contributed by atoms with Gasteiger partial charge in [0.15, 0.2) is 5.13 Å². The second-order valence-electron chi connectivity index (χ2n) is 5.27. The SMILES string of the molecule is CCCNCC1CCCc2sc(N(CC)CC)nc21. The molecule has 0 saturated heterocycles. The number of rotatable bonds is 7. The fourth-order valence-corrected chi connectivity index (χ4v) is 4.09. The monoisotopic (exact) mass is 281 g/mol. The Bertz CT molecular complexity index is 385. The van der Waals surface area contributed by atoms with Gasteiger partial charge in [0.05, 0.1) is 5.69 Å². The number of nitrogens with one attached hydrogen (secondary N) is 1. The summed E-state index contributed by atoms with van der Waals surface area (Å²) in [7, 11) is 0. The highest BCUT2D eigenvalue weighted by Crippen LogP contribution is 2.37. The van der Waals surface area contributed by atoms with E-state index in [4.69, 9.17) is 4.98 Å². The van der Waals surface area contributed by atoms with Crippen molar-refractivity contribution in [2.75, 3.05) is 31.1 Å². The van der Waals surface area contributed by atoms with Gasteiger partial charge in [-0.05, 0) is 46.1 Å². The van der Waals surface area contributed by atoms with Crippen LogP contribution in [0.15, 0.2) is 0 Å². The molecule has 0 saturated carbocycles. The molecule has 1 unspecified atom stereocenters. The lowest BCUT2D eigenvalue weighted by Crippen LogP contribution is -2.25. The molecule has 0 aromatic carbocycles. The van der Waals surface area contributed by atoms with Gasteiger partial charge in [0.25, 0.3) is 0 Å². The maximum Gasteiger partial charge on any atom is 0.185 e. The molecule has 1 heterocycles. The third kappa shape index (κ3) is 3.48. The standard InChI is InChI=1S/C15H27N3S/c1-4-10-16-11-12-8-7-9-13-14(12)17-15(19-13)18(5-2)6-3/h12,16H,4-11H2,1-3H3. The first-order chi connectivity index (χ1) is 9.30. The summed E-state index contributed by atoms with van der Waals surface area (Å²) in [6.45, 7) is 11.0. The van der Waals surface area contributed by atoms with Gasteiger partial charge >= 0.3 is 0 Å². The summed E-state index contributed by atoms with van der Waals surface area (Å²) in [5, 5.41) is 4.80. The first-order valence-corrected chi connectivity index (χ1v) is 8.57. The minimum Gasteiger partial charge on any atom is -0.349 e. The summed E-state index contributed by atoms with van der Waals surface area (Å²) in [4.78, 5) is 8.87. The van der Waals surface area contributed by atoms with Gasteiger partial charge in [0, 0.05) is 30.4 Å². The Morgan fingerprint density at radius 3 is 2.79 bits per heavy atom. The number of nitrogens with zero attached hydrogens (tertiary/aromatic N) is 2. The Morgan fingerprint density at radius 2 is 2.11 bits per heavy atom. The molecule has 1 aromatic heterocycles. The summed E-state index contributed by atoms with van der Waals surface area (Å²) < 4.78 is 0. The molecule has 0 radical (unpaired) electrons. The molecule has 0 spiro atoms. The third-order valence-corrected chi connectivity index (χ3v) is 5.10. The molecule has 1 aliphatic carbocycles. The molecular formula is C15H27N3S. The highest BCUT2D eigenvalue weighted by molar-refractivity contribution is 7.15. The molecule has 1 atom stereocenters. The summed E-state index contributed by atoms with van der Waals surface area (Å²) in [6.07, 6.45) is 5.07. The Hall–Kier alpha value is -0.610. The van der Waals surface area contributed by atoms with Gasteiger partial charge in [-0.3, -0.25) is 0 Å². The summed E-state index contributed by atoms with van der Waals surface area (Å²) in [5.74, 6) is 0.635. The lowest BCUT2D eigenvalue weighted by Gasteiger charge is -2.21. The van der Waals surface area contributed by atoms with Crippen LogP contribution in [0.25, 0.3) is 0 Å². The van der Waals surface area contributed by atoms with E-state index in [1.54, 1.807) is 0 Å². The Kier molecular flexibility index (Phi) is 5.64. The molecule has 0 amide bonds. The molecule has 19 heavy (non-hydrogen) atoms. The minimum absolute atomic E-state index is 0.635. The number of hydrogen-bond acceptors (Lipinski definition) is 4. The molecule has 1 aromatic rings. The largest absolute Gasteiger partial charge is 0.349 e. The van der Waals surface area contributed by atoms with Crippen molar-refractivity contribution in [1.82, 2.24) is 10.3 Å². The lowest BCUT2D eigenvalue weighted by molar-refractivity contribution is 0.501. The van der Waals surface area contributed by atoms with E-state index in [0.717, 1.165) is 26.2 Å². The van der Waals surface area contributed by atoms with E-state index in [0.29, 0.717) is 5.92 Å². The van der Waals surface area contributed by atoms with Crippen molar-refractivity contribution < 1.29 is 0 Å². The molecule has 1 N–H and O–H groups in total. The molecular weight excluding hydrogens is 254 g/mol. The van der Waals surface area contributed by atoms with E-state index < -0.39 is 0 Å². The number of fused-ring (bicyclic) bond motifs is 1. The van der Waals surface area contributed by atoms with Crippen molar-refractivity contribution in [3.63, 3.8) is 0 Å². The van der Waals surface area contributed by atoms with E-state index >= 15 is 0 Å². The fraction of sp³-hybridized carbons (Fsp3) is 0.800. The van der Waals surface area contributed by atoms with Crippen LogP contribution in [0.1, 0.15) is 56.5 Å². The van der Waals surface area contributed by atoms with Crippen LogP contribution in [0.2, 0.25) is 0 Å². The van der Waals surface area contributed by atoms with Crippen molar-refractivity contribution in [3.8, 4) is 0 Å². The smallest absolute Gasteiger partial charge is 0.185 e. The second kappa shape index (κ2) is 7.25. The van der Waals surface area contributed by atoms with Crippen LogP contribution in [0.4, 0.5) is 5.13 Å². The number of aryl methyl sites for hydroxylation is 1. The second-order valence-corrected chi connectivity index (χ2v) is 6.33. The van der Waals surface area contributed by atoms with E-state index in [-0.39, 0.29) is 0 Å². The number of hydrogen-bond donors (Lipinski definition) is 1. The van der Waals surface area contributed by atoms with Crippen LogP contribution >= 0.6 is 11.3 Å². The van der Waals surface area contributed by atoms with Gasteiger partial charge in [0.1, 0.15) is 0 Å². The highest BCUT2D eigenvalue weighted by atomic mass is 32.1. The molecule has 2 rings (SSSR count). The van der Waals surface area contributed by atoms with Gasteiger partial charge in [-0.1, -0.05) is 6.92 Å². The van der Waals surface area contributed by atoms with Gasteiger partial charge < -0.3 is 10.2 Å². The maximum absolute atomic E-state index is 4.96. The Morgan fingerprint density at radius 1 is 1.32 bits per heavy atom. The summed E-state index contributed by atoms with van der Waals surface area (Å²) in [6, 6.07) is 0. The van der Waals surface area contributed by atoms with Gasteiger partial charge in [0.2, 0.25) is 0 Å². The van der Waals surface area contributed by atoms with Crippen molar-refractivity contribution >= 4 is 16.5 Å². The van der Waals surface area contributed by atoms with Crippen LogP contribution in [0, 0.1) is 0 Å². The molecule has 0 aliphatic heterocycles. The lowest BCUT2D eigenvalue weighted by atomic mass is 9.91. The van der Waals surface area contributed by atoms with E-state index in [2.05, 4.69) is 31.0 Å².